The maximum Gasteiger partial charge on any atom is 0.122 e. The molecule has 0 bridgehead atoms. The summed E-state index contributed by atoms with van der Waals surface area (Å²) in [7, 11) is 0. The average molecular weight is 161 g/mol. The van der Waals surface area contributed by atoms with Gasteiger partial charge in [0.1, 0.15) is 6.17 Å². The number of hydrogen-bond donors (Lipinski definition) is 3. The SMILES string of the molecule is Nc1ccc(C2NC=CN2)cc1. The average Bonchev–Trinajstić information content (AvgIpc) is 2.58. The molecule has 1 aromatic carbocycles. The van der Waals surface area contributed by atoms with Gasteiger partial charge in [-0.2, -0.15) is 0 Å². The molecule has 3 heteroatoms. The van der Waals surface area contributed by atoms with Crippen molar-refractivity contribution in [3.05, 3.63) is 42.2 Å². The Balaban J connectivity index is 2.18. The van der Waals surface area contributed by atoms with Gasteiger partial charge in [0.25, 0.3) is 0 Å². The van der Waals surface area contributed by atoms with Crippen LogP contribution in [0.5, 0.6) is 0 Å². The number of nitrogens with one attached hydrogen (secondary N) is 2. The van der Waals surface area contributed by atoms with Crippen LogP contribution in [0.15, 0.2) is 36.7 Å². The van der Waals surface area contributed by atoms with Gasteiger partial charge < -0.3 is 16.4 Å². The summed E-state index contributed by atoms with van der Waals surface area (Å²) in [5.74, 6) is 0. The first kappa shape index (κ1) is 7.03. The zero-order valence-corrected chi connectivity index (χ0v) is 6.62. The highest BCUT2D eigenvalue weighted by molar-refractivity contribution is 5.40. The van der Waals surface area contributed by atoms with Gasteiger partial charge in [-0.3, -0.25) is 0 Å². The smallest absolute Gasteiger partial charge is 0.122 e. The number of rotatable bonds is 1. The van der Waals surface area contributed by atoms with Crippen LogP contribution in [0.1, 0.15) is 11.7 Å². The molecule has 2 rings (SSSR count). The standard InChI is InChI=1S/C9H11N3/c10-8-3-1-7(2-4-8)9-11-5-6-12-9/h1-6,9,11-12H,10H2. The van der Waals surface area contributed by atoms with Crippen LogP contribution in [0.25, 0.3) is 0 Å². The Hall–Kier alpha value is -1.64. The molecule has 0 aliphatic carbocycles. The topological polar surface area (TPSA) is 50.1 Å². The zero-order chi connectivity index (χ0) is 8.39. The summed E-state index contributed by atoms with van der Waals surface area (Å²) in [6.45, 7) is 0. The first-order chi connectivity index (χ1) is 5.86. The van der Waals surface area contributed by atoms with E-state index in [9.17, 15) is 0 Å². The molecule has 0 saturated carbocycles. The lowest BCUT2D eigenvalue weighted by atomic mass is 10.1. The van der Waals surface area contributed by atoms with Gasteiger partial charge in [-0.05, 0) is 17.7 Å². The number of nitrogen functional groups attached to an aromatic ring is 1. The van der Waals surface area contributed by atoms with Crippen LogP contribution in [0.3, 0.4) is 0 Å². The van der Waals surface area contributed by atoms with Crippen LogP contribution in [-0.4, -0.2) is 0 Å². The largest absolute Gasteiger partial charge is 0.399 e. The predicted molar refractivity (Wildman–Crippen MR) is 49.0 cm³/mol. The van der Waals surface area contributed by atoms with Gasteiger partial charge >= 0.3 is 0 Å². The lowest BCUT2D eigenvalue weighted by molar-refractivity contribution is 0.608. The van der Waals surface area contributed by atoms with E-state index < -0.39 is 0 Å². The van der Waals surface area contributed by atoms with Crippen molar-refractivity contribution in [1.29, 1.82) is 0 Å². The molecule has 0 atom stereocenters. The zero-order valence-electron chi connectivity index (χ0n) is 6.62. The molecular formula is C9H11N3. The first-order valence-electron chi connectivity index (χ1n) is 3.89. The number of nitrogens with two attached hydrogens (primary N) is 1. The van der Waals surface area contributed by atoms with Crippen LogP contribution in [0, 0.1) is 0 Å². The Morgan fingerprint density at radius 3 is 2.17 bits per heavy atom. The Morgan fingerprint density at radius 1 is 1.00 bits per heavy atom. The molecule has 4 N–H and O–H groups in total. The Morgan fingerprint density at radius 2 is 1.58 bits per heavy atom. The van der Waals surface area contributed by atoms with Crippen molar-refractivity contribution in [3.8, 4) is 0 Å². The second-order valence-electron chi connectivity index (χ2n) is 2.77. The van der Waals surface area contributed by atoms with Gasteiger partial charge in [0, 0.05) is 18.1 Å². The van der Waals surface area contributed by atoms with E-state index in [1.165, 1.54) is 5.56 Å². The molecule has 0 saturated heterocycles. The molecule has 0 radical (unpaired) electrons. The molecule has 1 aromatic rings. The summed E-state index contributed by atoms with van der Waals surface area (Å²) in [5, 5.41) is 6.32. The summed E-state index contributed by atoms with van der Waals surface area (Å²) >= 11 is 0. The lowest BCUT2D eigenvalue weighted by Crippen LogP contribution is -2.20. The number of benzene rings is 1. The minimum Gasteiger partial charge on any atom is -0.399 e. The molecule has 0 fully saturated rings. The minimum absolute atomic E-state index is 0.200. The maximum absolute atomic E-state index is 5.57. The summed E-state index contributed by atoms with van der Waals surface area (Å²) in [5.41, 5.74) is 7.55. The second-order valence-corrected chi connectivity index (χ2v) is 2.77. The van der Waals surface area contributed by atoms with Gasteiger partial charge in [-0.25, -0.2) is 0 Å². The van der Waals surface area contributed by atoms with Crippen molar-refractivity contribution in [2.75, 3.05) is 5.73 Å². The fraction of sp³-hybridized carbons (Fsp3) is 0.111. The van der Waals surface area contributed by atoms with Crippen molar-refractivity contribution in [1.82, 2.24) is 10.6 Å². The number of hydrogen-bond acceptors (Lipinski definition) is 3. The number of anilines is 1. The van der Waals surface area contributed by atoms with Crippen molar-refractivity contribution in [3.63, 3.8) is 0 Å². The van der Waals surface area contributed by atoms with E-state index in [-0.39, 0.29) is 6.17 Å². The molecular weight excluding hydrogens is 150 g/mol. The molecule has 1 heterocycles. The highest BCUT2D eigenvalue weighted by atomic mass is 15.1. The molecule has 62 valence electrons. The van der Waals surface area contributed by atoms with E-state index in [0.717, 1.165) is 5.69 Å². The summed E-state index contributed by atoms with van der Waals surface area (Å²) < 4.78 is 0. The minimum atomic E-state index is 0.200. The van der Waals surface area contributed by atoms with E-state index in [0.29, 0.717) is 0 Å². The van der Waals surface area contributed by atoms with Crippen molar-refractivity contribution in [2.45, 2.75) is 6.17 Å². The van der Waals surface area contributed by atoms with Crippen molar-refractivity contribution < 1.29 is 0 Å². The summed E-state index contributed by atoms with van der Waals surface area (Å²) in [4.78, 5) is 0. The normalized spacial score (nSPS) is 15.7. The van der Waals surface area contributed by atoms with Gasteiger partial charge in [0.2, 0.25) is 0 Å². The summed E-state index contributed by atoms with van der Waals surface area (Å²) in [6, 6.07) is 7.81. The molecule has 1 aliphatic rings. The highest BCUT2D eigenvalue weighted by Crippen LogP contribution is 2.14. The monoisotopic (exact) mass is 161 g/mol. The molecule has 12 heavy (non-hydrogen) atoms. The molecule has 3 nitrogen and oxygen atoms in total. The summed E-state index contributed by atoms with van der Waals surface area (Å²) in [6.07, 6.45) is 3.98. The molecule has 0 unspecified atom stereocenters. The fourth-order valence-corrected chi connectivity index (χ4v) is 1.22. The van der Waals surface area contributed by atoms with Crippen LogP contribution < -0.4 is 16.4 Å². The van der Waals surface area contributed by atoms with Gasteiger partial charge in [-0.15, -0.1) is 0 Å². The van der Waals surface area contributed by atoms with E-state index in [1.54, 1.807) is 0 Å². The molecule has 0 spiro atoms. The van der Waals surface area contributed by atoms with E-state index in [4.69, 9.17) is 5.73 Å². The Kier molecular flexibility index (Phi) is 1.63. The van der Waals surface area contributed by atoms with Gasteiger partial charge in [0.05, 0.1) is 0 Å². The quantitative estimate of drug-likeness (QED) is 0.537. The van der Waals surface area contributed by atoms with E-state index >= 15 is 0 Å². The van der Waals surface area contributed by atoms with Crippen LogP contribution in [-0.2, 0) is 0 Å². The second kappa shape index (κ2) is 2.77. The van der Waals surface area contributed by atoms with Crippen LogP contribution in [0.4, 0.5) is 5.69 Å². The van der Waals surface area contributed by atoms with Crippen molar-refractivity contribution in [2.24, 2.45) is 0 Å². The maximum atomic E-state index is 5.57. The van der Waals surface area contributed by atoms with Gasteiger partial charge in [-0.1, -0.05) is 12.1 Å². The molecule has 0 aromatic heterocycles. The molecule has 1 aliphatic heterocycles. The van der Waals surface area contributed by atoms with E-state index in [2.05, 4.69) is 10.6 Å². The third-order valence-corrected chi connectivity index (χ3v) is 1.88. The van der Waals surface area contributed by atoms with Crippen LogP contribution >= 0.6 is 0 Å². The third-order valence-electron chi connectivity index (χ3n) is 1.88. The van der Waals surface area contributed by atoms with Crippen molar-refractivity contribution >= 4 is 5.69 Å². The van der Waals surface area contributed by atoms with Gasteiger partial charge in [0.15, 0.2) is 0 Å². The lowest BCUT2D eigenvalue weighted by Gasteiger charge is -2.12. The first-order valence-corrected chi connectivity index (χ1v) is 3.89. The molecule has 0 amide bonds. The fourth-order valence-electron chi connectivity index (χ4n) is 1.22. The Bertz CT molecular complexity index is 281. The third kappa shape index (κ3) is 1.21. The highest BCUT2D eigenvalue weighted by Gasteiger charge is 2.09. The van der Waals surface area contributed by atoms with Crippen LogP contribution in [0.2, 0.25) is 0 Å². The Labute approximate surface area is 71.3 Å². The predicted octanol–water partition coefficient (Wildman–Crippen LogP) is 0.931. The van der Waals surface area contributed by atoms with E-state index in [1.807, 2.05) is 36.7 Å².